The third-order valence-corrected chi connectivity index (χ3v) is 6.53. The minimum Gasteiger partial charge on any atom is -0.477 e. The first-order valence-electron chi connectivity index (χ1n) is 11.5. The van der Waals surface area contributed by atoms with Crippen molar-refractivity contribution in [1.82, 2.24) is 4.57 Å². The van der Waals surface area contributed by atoms with Gasteiger partial charge in [0.2, 0.25) is 6.79 Å². The van der Waals surface area contributed by atoms with Crippen LogP contribution in [0.15, 0.2) is 72.9 Å². The summed E-state index contributed by atoms with van der Waals surface area (Å²) in [6, 6.07) is 19.8. The summed E-state index contributed by atoms with van der Waals surface area (Å²) in [7, 11) is 0. The SMILES string of the molecule is NC(=O)c1cn(Cc2ccc(OC3(C(=O)N(O)c4ccc5c(c4)OCO5)CC3)cc2)c2ccccc12. The van der Waals surface area contributed by atoms with Crippen LogP contribution in [0.5, 0.6) is 17.2 Å². The van der Waals surface area contributed by atoms with Crippen molar-refractivity contribution in [1.29, 1.82) is 0 Å². The third kappa shape index (κ3) is 3.79. The molecule has 1 aliphatic carbocycles. The van der Waals surface area contributed by atoms with Crippen LogP contribution in [0.25, 0.3) is 10.9 Å². The van der Waals surface area contributed by atoms with Gasteiger partial charge in [-0.05, 0) is 35.9 Å². The maximum atomic E-state index is 13.1. The maximum absolute atomic E-state index is 13.1. The fourth-order valence-corrected chi connectivity index (χ4v) is 4.46. The predicted octanol–water partition coefficient (Wildman–Crippen LogP) is 3.85. The van der Waals surface area contributed by atoms with Crippen LogP contribution < -0.4 is 25.0 Å². The first-order chi connectivity index (χ1) is 17.4. The van der Waals surface area contributed by atoms with Gasteiger partial charge in [-0.3, -0.25) is 14.8 Å². The van der Waals surface area contributed by atoms with Gasteiger partial charge >= 0.3 is 0 Å². The van der Waals surface area contributed by atoms with Crippen molar-refractivity contribution in [2.75, 3.05) is 11.9 Å². The van der Waals surface area contributed by atoms with Gasteiger partial charge in [0.25, 0.3) is 11.8 Å². The molecule has 3 N–H and O–H groups in total. The highest BCUT2D eigenvalue weighted by atomic mass is 16.7. The topological polar surface area (TPSA) is 116 Å². The number of carbonyl (C=O) groups is 2. The van der Waals surface area contributed by atoms with E-state index in [0.29, 0.717) is 47.3 Å². The summed E-state index contributed by atoms with van der Waals surface area (Å²) in [6.07, 6.45) is 2.77. The number of hydroxylamine groups is 1. The van der Waals surface area contributed by atoms with Crippen molar-refractivity contribution < 1.29 is 29.0 Å². The number of primary amides is 1. The van der Waals surface area contributed by atoms with Crippen molar-refractivity contribution >= 4 is 28.4 Å². The van der Waals surface area contributed by atoms with Crippen LogP contribution in [-0.4, -0.2) is 34.0 Å². The Morgan fingerprint density at radius 1 is 1.03 bits per heavy atom. The molecule has 2 aliphatic rings. The lowest BCUT2D eigenvalue weighted by Gasteiger charge is -2.23. The largest absolute Gasteiger partial charge is 0.477 e. The molecule has 0 spiro atoms. The number of anilines is 1. The van der Waals surface area contributed by atoms with Crippen molar-refractivity contribution in [3.05, 3.63) is 84.1 Å². The van der Waals surface area contributed by atoms with Crippen molar-refractivity contribution in [3.63, 3.8) is 0 Å². The molecule has 182 valence electrons. The molecule has 2 amide bonds. The molecular formula is C27H23N3O6. The number of hydrogen-bond acceptors (Lipinski definition) is 6. The summed E-state index contributed by atoms with van der Waals surface area (Å²) in [4.78, 5) is 24.9. The normalized spacial score (nSPS) is 15.0. The molecule has 1 fully saturated rings. The first kappa shape index (κ1) is 22.0. The Kier molecular flexibility index (Phi) is 5.08. The highest BCUT2D eigenvalue weighted by molar-refractivity contribution is 6.06. The minimum atomic E-state index is -1.11. The number of benzene rings is 3. The molecular weight excluding hydrogens is 462 g/mol. The molecule has 1 aliphatic heterocycles. The molecule has 36 heavy (non-hydrogen) atoms. The summed E-state index contributed by atoms with van der Waals surface area (Å²) < 4.78 is 18.6. The molecule has 0 radical (unpaired) electrons. The van der Waals surface area contributed by atoms with Gasteiger partial charge in [0.05, 0.1) is 11.3 Å². The van der Waals surface area contributed by atoms with Crippen molar-refractivity contribution in [3.8, 4) is 17.2 Å². The molecule has 0 saturated heterocycles. The Morgan fingerprint density at radius 2 is 1.78 bits per heavy atom. The Labute approximate surface area is 206 Å². The van der Waals surface area contributed by atoms with E-state index in [9.17, 15) is 14.8 Å². The standard InChI is InChI=1S/C27H23N3O6/c28-25(31)21-15-29(22-4-2-1-3-20(21)22)14-17-5-8-19(9-6-17)36-27(11-12-27)26(32)30(33)18-7-10-23-24(13-18)35-16-34-23/h1-10,13,15,33H,11-12,14,16H2,(H2,28,31). The Hall–Kier alpha value is -4.50. The Morgan fingerprint density at radius 3 is 2.53 bits per heavy atom. The summed E-state index contributed by atoms with van der Waals surface area (Å²) in [5.41, 5.74) is 7.10. The van der Waals surface area contributed by atoms with Gasteiger partial charge in [-0.1, -0.05) is 30.3 Å². The van der Waals surface area contributed by atoms with E-state index in [0.717, 1.165) is 16.5 Å². The van der Waals surface area contributed by atoms with Crippen LogP contribution in [0.1, 0.15) is 28.8 Å². The minimum absolute atomic E-state index is 0.105. The molecule has 1 aromatic heterocycles. The number of amides is 2. The van der Waals surface area contributed by atoms with Crippen LogP contribution in [0.4, 0.5) is 5.69 Å². The third-order valence-electron chi connectivity index (χ3n) is 6.53. The van der Waals surface area contributed by atoms with Crippen LogP contribution in [0.2, 0.25) is 0 Å². The molecule has 9 nitrogen and oxygen atoms in total. The molecule has 2 heterocycles. The second-order valence-corrected chi connectivity index (χ2v) is 8.95. The zero-order valence-electron chi connectivity index (χ0n) is 19.2. The van der Waals surface area contributed by atoms with Gasteiger partial charge in [-0.2, -0.15) is 5.06 Å². The van der Waals surface area contributed by atoms with Crippen LogP contribution in [-0.2, 0) is 11.3 Å². The average Bonchev–Trinajstić information content (AvgIpc) is 3.35. The lowest BCUT2D eigenvalue weighted by molar-refractivity contribution is -0.132. The van der Waals surface area contributed by atoms with E-state index in [4.69, 9.17) is 19.9 Å². The summed E-state index contributed by atoms with van der Waals surface area (Å²) in [5.74, 6) is 0.559. The Balaban J connectivity index is 1.17. The number of para-hydroxylation sites is 1. The number of aromatic nitrogens is 1. The van der Waals surface area contributed by atoms with Crippen LogP contribution in [0, 0.1) is 0 Å². The monoisotopic (exact) mass is 485 g/mol. The zero-order chi connectivity index (χ0) is 24.9. The van der Waals surface area contributed by atoms with E-state index in [1.165, 1.54) is 0 Å². The number of fused-ring (bicyclic) bond motifs is 2. The molecule has 4 aromatic rings. The fraction of sp³-hybridized carbons (Fsp3) is 0.185. The highest BCUT2D eigenvalue weighted by Gasteiger charge is 2.55. The smallest absolute Gasteiger partial charge is 0.294 e. The number of nitrogens with two attached hydrogens (primary N) is 1. The van der Waals surface area contributed by atoms with Gasteiger partial charge in [0.1, 0.15) is 5.75 Å². The van der Waals surface area contributed by atoms with Gasteiger partial charge in [-0.15, -0.1) is 0 Å². The summed E-state index contributed by atoms with van der Waals surface area (Å²) >= 11 is 0. The quantitative estimate of drug-likeness (QED) is 0.303. The maximum Gasteiger partial charge on any atom is 0.294 e. The predicted molar refractivity (Wildman–Crippen MR) is 130 cm³/mol. The number of rotatable bonds is 7. The molecule has 6 rings (SSSR count). The lowest BCUT2D eigenvalue weighted by atomic mass is 10.2. The van der Waals surface area contributed by atoms with Crippen molar-refractivity contribution in [2.24, 2.45) is 5.73 Å². The lowest BCUT2D eigenvalue weighted by Crippen LogP contribution is -2.42. The van der Waals surface area contributed by atoms with Gasteiger partial charge in [0, 0.05) is 42.6 Å². The second kappa shape index (κ2) is 8.31. The van der Waals surface area contributed by atoms with E-state index in [1.807, 2.05) is 41.0 Å². The van der Waals surface area contributed by atoms with Gasteiger partial charge in [0.15, 0.2) is 17.1 Å². The molecule has 0 bridgehead atoms. The number of hydrogen-bond donors (Lipinski definition) is 2. The van der Waals surface area contributed by atoms with Gasteiger partial charge < -0.3 is 24.5 Å². The molecule has 0 atom stereocenters. The second-order valence-electron chi connectivity index (χ2n) is 8.95. The Bertz CT molecular complexity index is 1490. The molecule has 9 heteroatoms. The van der Waals surface area contributed by atoms with E-state index in [-0.39, 0.29) is 12.5 Å². The zero-order valence-corrected chi connectivity index (χ0v) is 19.2. The van der Waals surface area contributed by atoms with E-state index < -0.39 is 17.4 Å². The summed E-state index contributed by atoms with van der Waals surface area (Å²) in [6.45, 7) is 0.640. The van der Waals surface area contributed by atoms with E-state index >= 15 is 0 Å². The molecule has 1 saturated carbocycles. The van der Waals surface area contributed by atoms with Crippen LogP contribution >= 0.6 is 0 Å². The van der Waals surface area contributed by atoms with Gasteiger partial charge in [-0.25, -0.2) is 0 Å². The highest BCUT2D eigenvalue weighted by Crippen LogP contribution is 2.43. The van der Waals surface area contributed by atoms with E-state index in [1.54, 1.807) is 36.5 Å². The first-order valence-corrected chi connectivity index (χ1v) is 11.5. The van der Waals surface area contributed by atoms with E-state index in [2.05, 4.69) is 0 Å². The fourth-order valence-electron chi connectivity index (χ4n) is 4.46. The average molecular weight is 485 g/mol. The van der Waals surface area contributed by atoms with Crippen molar-refractivity contribution in [2.45, 2.75) is 25.0 Å². The number of carbonyl (C=O) groups excluding carboxylic acids is 2. The number of ether oxygens (including phenoxy) is 3. The number of nitrogens with zero attached hydrogens (tertiary/aromatic N) is 2. The summed E-state index contributed by atoms with van der Waals surface area (Å²) in [5, 5.41) is 12.0. The van der Waals surface area contributed by atoms with Crippen LogP contribution in [0.3, 0.4) is 0 Å². The molecule has 3 aromatic carbocycles. The molecule has 0 unspecified atom stereocenters.